The van der Waals surface area contributed by atoms with Crippen LogP contribution in [0.1, 0.15) is 57.7 Å². The molecule has 1 N–H and O–H groups in total. The number of hydrogen-bond acceptors (Lipinski definition) is 3. The Bertz CT molecular complexity index is 589. The molecule has 2 rings (SSSR count). The van der Waals surface area contributed by atoms with Crippen molar-refractivity contribution in [1.29, 1.82) is 0 Å². The van der Waals surface area contributed by atoms with Crippen LogP contribution in [0.3, 0.4) is 0 Å². The van der Waals surface area contributed by atoms with Crippen molar-refractivity contribution in [1.82, 2.24) is 24.9 Å². The van der Waals surface area contributed by atoms with Gasteiger partial charge < -0.3 is 10.2 Å². The summed E-state index contributed by atoms with van der Waals surface area (Å²) in [6.07, 6.45) is 4.76. The van der Waals surface area contributed by atoms with E-state index in [0.717, 1.165) is 25.0 Å². The van der Waals surface area contributed by atoms with Gasteiger partial charge in [0.2, 0.25) is 0 Å². The van der Waals surface area contributed by atoms with Crippen molar-refractivity contribution in [3.63, 3.8) is 0 Å². The fraction of sp³-hybridized carbons (Fsp3) is 0.800. The largest absolute Gasteiger partial charge is 0.355 e. The van der Waals surface area contributed by atoms with E-state index in [2.05, 4.69) is 66.1 Å². The van der Waals surface area contributed by atoms with E-state index in [9.17, 15) is 0 Å². The first-order valence-electron chi connectivity index (χ1n) is 10.00. The maximum Gasteiger partial charge on any atom is 0.193 e. The number of likely N-dealkylation sites (tertiary alicyclic amines) is 1. The number of aliphatic imine (C=N–C) groups is 1. The minimum absolute atomic E-state index is 0. The van der Waals surface area contributed by atoms with Crippen molar-refractivity contribution < 1.29 is 0 Å². The molecule has 2 heterocycles. The molecule has 7 heteroatoms. The highest BCUT2D eigenvalue weighted by atomic mass is 127. The summed E-state index contributed by atoms with van der Waals surface area (Å²) >= 11 is 0. The molecule has 156 valence electrons. The Balaban J connectivity index is 0.00000364. The third-order valence-corrected chi connectivity index (χ3v) is 5.46. The third kappa shape index (κ3) is 6.93. The standard InChI is InChI=1S/C20H38N6.HI/c1-15(2)19-18(14-25(7)23-19)13-24(6)20(21-5)22-12-17(4)26-10-8-16(3)9-11-26;/h14-17H,8-13H2,1-7H3,(H,21,22);1H. The van der Waals surface area contributed by atoms with Gasteiger partial charge in [-0.05, 0) is 44.7 Å². The van der Waals surface area contributed by atoms with E-state index in [1.54, 1.807) is 0 Å². The lowest BCUT2D eigenvalue weighted by molar-refractivity contribution is 0.147. The van der Waals surface area contributed by atoms with Gasteiger partial charge in [0.15, 0.2) is 5.96 Å². The zero-order valence-corrected chi connectivity index (χ0v) is 20.5. The van der Waals surface area contributed by atoms with Gasteiger partial charge in [-0.25, -0.2) is 0 Å². The van der Waals surface area contributed by atoms with Crippen LogP contribution in [0.25, 0.3) is 0 Å². The molecule has 0 spiro atoms. The summed E-state index contributed by atoms with van der Waals surface area (Å²) in [4.78, 5) is 9.26. The summed E-state index contributed by atoms with van der Waals surface area (Å²) < 4.78 is 1.91. The van der Waals surface area contributed by atoms with E-state index in [4.69, 9.17) is 0 Å². The zero-order valence-electron chi connectivity index (χ0n) is 18.2. The lowest BCUT2D eigenvalue weighted by atomic mass is 9.98. The monoisotopic (exact) mass is 490 g/mol. The average molecular weight is 490 g/mol. The predicted octanol–water partition coefficient (Wildman–Crippen LogP) is 3.29. The number of nitrogens with one attached hydrogen (secondary N) is 1. The molecular weight excluding hydrogens is 451 g/mol. The van der Waals surface area contributed by atoms with Crippen LogP contribution in [-0.4, -0.2) is 65.3 Å². The van der Waals surface area contributed by atoms with Crippen LogP contribution < -0.4 is 5.32 Å². The number of rotatable bonds is 6. The summed E-state index contributed by atoms with van der Waals surface area (Å²) in [5.74, 6) is 2.25. The van der Waals surface area contributed by atoms with Crippen molar-refractivity contribution in [2.45, 2.75) is 59.0 Å². The van der Waals surface area contributed by atoms with Crippen LogP contribution >= 0.6 is 24.0 Å². The second-order valence-corrected chi connectivity index (χ2v) is 8.22. The van der Waals surface area contributed by atoms with E-state index >= 15 is 0 Å². The molecule has 0 aromatic carbocycles. The topological polar surface area (TPSA) is 48.7 Å². The van der Waals surface area contributed by atoms with Crippen molar-refractivity contribution >= 4 is 29.9 Å². The summed E-state index contributed by atoms with van der Waals surface area (Å²) in [6, 6.07) is 0.525. The van der Waals surface area contributed by atoms with Gasteiger partial charge in [-0.1, -0.05) is 20.8 Å². The molecule has 0 amide bonds. The second kappa shape index (κ2) is 11.2. The molecule has 0 bridgehead atoms. The number of aromatic nitrogens is 2. The molecule has 1 aliphatic rings. The maximum absolute atomic E-state index is 4.61. The van der Waals surface area contributed by atoms with Crippen LogP contribution in [0.4, 0.5) is 0 Å². The average Bonchev–Trinajstić information content (AvgIpc) is 2.96. The van der Waals surface area contributed by atoms with Crippen LogP contribution in [0.5, 0.6) is 0 Å². The Kier molecular flexibility index (Phi) is 10.1. The van der Waals surface area contributed by atoms with E-state index < -0.39 is 0 Å². The smallest absolute Gasteiger partial charge is 0.193 e. The molecule has 1 aromatic heterocycles. The van der Waals surface area contributed by atoms with E-state index in [-0.39, 0.29) is 24.0 Å². The van der Waals surface area contributed by atoms with Crippen molar-refractivity contribution in [3.05, 3.63) is 17.5 Å². The number of piperidine rings is 1. The molecule has 0 saturated carbocycles. The van der Waals surface area contributed by atoms with Gasteiger partial charge in [0, 0.05) is 52.0 Å². The first-order chi connectivity index (χ1) is 12.3. The fourth-order valence-electron chi connectivity index (χ4n) is 3.72. The first kappa shape index (κ1) is 24.2. The molecule has 1 aliphatic heterocycles. The van der Waals surface area contributed by atoms with Gasteiger partial charge in [-0.15, -0.1) is 24.0 Å². The molecule has 27 heavy (non-hydrogen) atoms. The highest BCUT2D eigenvalue weighted by Gasteiger charge is 2.21. The van der Waals surface area contributed by atoms with E-state index in [1.807, 2.05) is 18.8 Å². The van der Waals surface area contributed by atoms with Gasteiger partial charge >= 0.3 is 0 Å². The molecule has 1 saturated heterocycles. The summed E-state index contributed by atoms with van der Waals surface area (Å²) in [5, 5.41) is 8.17. The molecule has 1 fully saturated rings. The molecule has 1 atom stereocenters. The van der Waals surface area contributed by atoms with Gasteiger partial charge in [-0.3, -0.25) is 14.6 Å². The normalized spacial score (nSPS) is 17.7. The maximum atomic E-state index is 4.61. The molecule has 0 aliphatic carbocycles. The summed E-state index contributed by atoms with van der Waals surface area (Å²) in [7, 11) is 5.95. The minimum atomic E-state index is 0. The molecule has 1 unspecified atom stereocenters. The van der Waals surface area contributed by atoms with Crippen LogP contribution in [0.15, 0.2) is 11.2 Å². The summed E-state index contributed by atoms with van der Waals surface area (Å²) in [6.45, 7) is 13.2. The van der Waals surface area contributed by atoms with Gasteiger partial charge in [0.25, 0.3) is 0 Å². The van der Waals surface area contributed by atoms with Crippen LogP contribution in [-0.2, 0) is 13.6 Å². The van der Waals surface area contributed by atoms with E-state index in [0.29, 0.717) is 12.0 Å². The van der Waals surface area contributed by atoms with Crippen molar-refractivity contribution in [2.75, 3.05) is 33.7 Å². The van der Waals surface area contributed by atoms with Gasteiger partial charge in [-0.2, -0.15) is 5.10 Å². The van der Waals surface area contributed by atoms with Gasteiger partial charge in [0.05, 0.1) is 5.69 Å². The Morgan fingerprint density at radius 2 is 1.96 bits per heavy atom. The Labute approximate surface area is 182 Å². The minimum Gasteiger partial charge on any atom is -0.355 e. The number of hydrogen-bond donors (Lipinski definition) is 1. The molecule has 1 aromatic rings. The first-order valence-corrected chi connectivity index (χ1v) is 10.00. The van der Waals surface area contributed by atoms with E-state index in [1.165, 1.54) is 37.2 Å². The number of halogens is 1. The SMILES string of the molecule is CN=C(NCC(C)N1CCC(C)CC1)N(C)Cc1cn(C)nc1C(C)C.I. The fourth-order valence-corrected chi connectivity index (χ4v) is 3.72. The van der Waals surface area contributed by atoms with Crippen LogP contribution in [0.2, 0.25) is 0 Å². The Hall–Kier alpha value is -0.830. The van der Waals surface area contributed by atoms with Gasteiger partial charge in [0.1, 0.15) is 0 Å². The Morgan fingerprint density at radius 1 is 1.33 bits per heavy atom. The molecule has 6 nitrogen and oxygen atoms in total. The lowest BCUT2D eigenvalue weighted by Gasteiger charge is -2.35. The van der Waals surface area contributed by atoms with Crippen molar-refractivity contribution in [2.24, 2.45) is 18.0 Å². The quantitative estimate of drug-likeness (QED) is 0.378. The third-order valence-electron chi connectivity index (χ3n) is 5.46. The van der Waals surface area contributed by atoms with Crippen LogP contribution in [0, 0.1) is 5.92 Å². The van der Waals surface area contributed by atoms with Crippen molar-refractivity contribution in [3.8, 4) is 0 Å². The Morgan fingerprint density at radius 3 is 2.52 bits per heavy atom. The predicted molar refractivity (Wildman–Crippen MR) is 125 cm³/mol. The number of aryl methyl sites for hydroxylation is 1. The highest BCUT2D eigenvalue weighted by molar-refractivity contribution is 14.0. The lowest BCUT2D eigenvalue weighted by Crippen LogP contribution is -2.48. The molecule has 0 radical (unpaired) electrons. The number of nitrogens with zero attached hydrogens (tertiary/aromatic N) is 5. The highest BCUT2D eigenvalue weighted by Crippen LogP contribution is 2.19. The molecular formula is C20H39IN6. The number of guanidine groups is 1. The summed E-state index contributed by atoms with van der Waals surface area (Å²) in [5.41, 5.74) is 2.44. The second-order valence-electron chi connectivity index (χ2n) is 8.22. The zero-order chi connectivity index (χ0) is 19.3.